The van der Waals surface area contributed by atoms with E-state index in [4.69, 9.17) is 0 Å². The van der Waals surface area contributed by atoms with E-state index in [9.17, 15) is 19.8 Å². The van der Waals surface area contributed by atoms with Gasteiger partial charge in [0, 0.05) is 11.9 Å². The van der Waals surface area contributed by atoms with E-state index in [1.54, 1.807) is 0 Å². The summed E-state index contributed by atoms with van der Waals surface area (Å²) >= 11 is 0. The molecule has 0 aliphatic carbocycles. The first kappa shape index (κ1) is 17.1. The summed E-state index contributed by atoms with van der Waals surface area (Å²) in [6.45, 7) is 0. The molecule has 0 radical (unpaired) electrons. The van der Waals surface area contributed by atoms with Crippen LogP contribution in [0.5, 0.6) is 0 Å². The van der Waals surface area contributed by atoms with Crippen LogP contribution in [0.1, 0.15) is 51.4 Å². The second kappa shape index (κ2) is 11.8. The van der Waals surface area contributed by atoms with Gasteiger partial charge in [-0.3, -0.25) is 0 Å². The summed E-state index contributed by atoms with van der Waals surface area (Å²) in [7, 11) is 0. The molecule has 0 amide bonds. The Hall–Kier alpha value is -0.261. The molecule has 0 aromatic heterocycles. The average Bonchev–Trinajstić information content (AvgIpc) is 2.08. The molecule has 0 aliphatic rings. The third kappa shape index (κ3) is 16.4. The van der Waals surface area contributed by atoms with Crippen LogP contribution in [0.15, 0.2) is 0 Å². The van der Waals surface area contributed by atoms with Crippen molar-refractivity contribution in [1.82, 2.24) is 0 Å². The number of hydrogen-bond acceptors (Lipinski definition) is 4. The van der Waals surface area contributed by atoms with Crippen molar-refractivity contribution in [2.75, 3.05) is 0 Å². The molecule has 4 nitrogen and oxygen atoms in total. The van der Waals surface area contributed by atoms with Gasteiger partial charge in [-0.2, -0.15) is 0 Å². The fraction of sp³-hybridized carbons (Fsp3) is 0.800. The van der Waals surface area contributed by atoms with Gasteiger partial charge in [0.05, 0.1) is 0 Å². The molecule has 0 rings (SSSR count). The van der Waals surface area contributed by atoms with Crippen LogP contribution in [0, 0.1) is 0 Å². The van der Waals surface area contributed by atoms with E-state index in [1.165, 1.54) is 0 Å². The van der Waals surface area contributed by atoms with Crippen molar-refractivity contribution in [3.05, 3.63) is 0 Å². The number of hydrogen-bond donors (Lipinski definition) is 0. The van der Waals surface area contributed by atoms with Crippen molar-refractivity contribution in [2.45, 2.75) is 51.4 Å². The Morgan fingerprint density at radius 3 is 1.20 bits per heavy atom. The van der Waals surface area contributed by atoms with Gasteiger partial charge >= 0.3 is 23.9 Å². The summed E-state index contributed by atoms with van der Waals surface area (Å²) in [5.74, 6) is -2.00. The normalized spacial score (nSPS) is 9.33. The molecule has 0 aromatic rings. The van der Waals surface area contributed by atoms with Crippen LogP contribution in [-0.4, -0.2) is 35.8 Å². The molecule has 0 spiro atoms. The number of carbonyl (C=O) groups is 2. The van der Waals surface area contributed by atoms with E-state index < -0.39 is 11.9 Å². The SMILES string of the molecule is O=C([O-])CCCCCCCCC(=O)[O-].[SnH2+2]. The zero-order chi connectivity index (χ0) is 10.8. The van der Waals surface area contributed by atoms with Crippen molar-refractivity contribution >= 4 is 35.8 Å². The predicted octanol–water partition coefficient (Wildman–Crippen LogP) is -1.31. The van der Waals surface area contributed by atoms with E-state index in [2.05, 4.69) is 0 Å². The minimum atomic E-state index is -0.998. The van der Waals surface area contributed by atoms with Crippen molar-refractivity contribution in [1.29, 1.82) is 0 Å². The van der Waals surface area contributed by atoms with Crippen molar-refractivity contribution in [3.63, 3.8) is 0 Å². The number of aliphatic carboxylic acids is 2. The van der Waals surface area contributed by atoms with E-state index in [1.807, 2.05) is 0 Å². The fourth-order valence-corrected chi connectivity index (χ4v) is 1.25. The van der Waals surface area contributed by atoms with Gasteiger partial charge in [-0.25, -0.2) is 0 Å². The fourth-order valence-electron chi connectivity index (χ4n) is 1.25. The minimum absolute atomic E-state index is 0. The second-order valence-corrected chi connectivity index (χ2v) is 3.37. The maximum atomic E-state index is 10.0. The van der Waals surface area contributed by atoms with Crippen LogP contribution < -0.4 is 10.2 Å². The maximum absolute atomic E-state index is 10.0. The summed E-state index contributed by atoms with van der Waals surface area (Å²) in [4.78, 5) is 20.1. The molecule has 86 valence electrons. The monoisotopic (exact) mass is 322 g/mol. The molecule has 0 aliphatic heterocycles. The molecule has 0 saturated carbocycles. The number of carboxylic acids is 2. The first-order valence-electron chi connectivity index (χ1n) is 5.02. The zero-order valence-corrected chi connectivity index (χ0v) is 13.0. The van der Waals surface area contributed by atoms with Crippen LogP contribution in [0.25, 0.3) is 0 Å². The summed E-state index contributed by atoms with van der Waals surface area (Å²) in [6.07, 6.45) is 5.23. The summed E-state index contributed by atoms with van der Waals surface area (Å²) in [5.41, 5.74) is 0. The third-order valence-corrected chi connectivity index (χ3v) is 2.01. The summed E-state index contributed by atoms with van der Waals surface area (Å²) < 4.78 is 0. The molecule has 0 N–H and O–H groups in total. The molecule has 0 fully saturated rings. The molecule has 0 saturated heterocycles. The Kier molecular flexibility index (Phi) is 13.5. The topological polar surface area (TPSA) is 80.3 Å². The van der Waals surface area contributed by atoms with Crippen LogP contribution in [-0.2, 0) is 9.59 Å². The van der Waals surface area contributed by atoms with Gasteiger partial charge in [-0.05, 0) is 25.7 Å². The Bertz CT molecular complexity index is 162. The number of rotatable bonds is 9. The Morgan fingerprint density at radius 2 is 0.933 bits per heavy atom. The van der Waals surface area contributed by atoms with E-state index in [0.29, 0.717) is 12.8 Å². The van der Waals surface area contributed by atoms with E-state index in [0.717, 1.165) is 25.7 Å². The first-order chi connectivity index (χ1) is 6.63. The van der Waals surface area contributed by atoms with E-state index in [-0.39, 0.29) is 36.7 Å². The van der Waals surface area contributed by atoms with Crippen LogP contribution in [0.2, 0.25) is 0 Å². The number of carboxylic acid groups (broad SMARTS) is 2. The van der Waals surface area contributed by atoms with Crippen LogP contribution >= 0.6 is 0 Å². The molecule has 0 aromatic carbocycles. The van der Waals surface area contributed by atoms with Gasteiger partial charge < -0.3 is 19.8 Å². The average molecular weight is 321 g/mol. The quantitative estimate of drug-likeness (QED) is 0.390. The molecule has 0 heterocycles. The molecule has 5 heteroatoms. The van der Waals surface area contributed by atoms with Crippen molar-refractivity contribution in [3.8, 4) is 0 Å². The zero-order valence-electron chi connectivity index (χ0n) is 9.00. The van der Waals surface area contributed by atoms with Gasteiger partial charge in [0.1, 0.15) is 0 Å². The Morgan fingerprint density at radius 1 is 0.667 bits per heavy atom. The van der Waals surface area contributed by atoms with Gasteiger partial charge in [0.15, 0.2) is 0 Å². The summed E-state index contributed by atoms with van der Waals surface area (Å²) in [5, 5.41) is 20.1. The number of carbonyl (C=O) groups excluding carboxylic acids is 2. The molecular weight excluding hydrogens is 303 g/mol. The molecule has 0 bridgehead atoms. The molecule has 15 heavy (non-hydrogen) atoms. The molecule has 0 atom stereocenters. The Balaban J connectivity index is 0. The van der Waals surface area contributed by atoms with Crippen LogP contribution in [0.3, 0.4) is 0 Å². The van der Waals surface area contributed by atoms with Gasteiger partial charge in [0.25, 0.3) is 0 Å². The number of unbranched alkanes of at least 4 members (excludes halogenated alkanes) is 5. The van der Waals surface area contributed by atoms with Gasteiger partial charge in [-0.15, -0.1) is 0 Å². The second-order valence-electron chi connectivity index (χ2n) is 3.37. The molecular formula is C10H18O4Sn. The standard InChI is InChI=1S/C10H18O4.Sn.2H/c11-9(12)7-5-3-1-2-4-6-8-10(13)14;;;/h1-8H2,(H,11,12)(H,13,14);;;/q;+2;;/p-2. The van der Waals surface area contributed by atoms with E-state index >= 15 is 0 Å². The summed E-state index contributed by atoms with van der Waals surface area (Å²) in [6, 6.07) is 0. The van der Waals surface area contributed by atoms with Gasteiger partial charge in [0.2, 0.25) is 0 Å². The Labute approximate surface area is 107 Å². The van der Waals surface area contributed by atoms with Gasteiger partial charge in [-0.1, -0.05) is 25.7 Å². The van der Waals surface area contributed by atoms with Crippen molar-refractivity contribution in [2.24, 2.45) is 0 Å². The molecule has 0 unspecified atom stereocenters. The third-order valence-electron chi connectivity index (χ3n) is 2.01. The first-order valence-corrected chi connectivity index (χ1v) is 5.02. The van der Waals surface area contributed by atoms with Crippen LogP contribution in [0.4, 0.5) is 0 Å². The van der Waals surface area contributed by atoms with Crippen molar-refractivity contribution < 1.29 is 19.8 Å². The predicted molar refractivity (Wildman–Crippen MR) is 55.5 cm³/mol.